The van der Waals surface area contributed by atoms with Crippen molar-refractivity contribution in [3.63, 3.8) is 0 Å². The highest BCUT2D eigenvalue weighted by Gasteiger charge is 2.19. The van der Waals surface area contributed by atoms with Gasteiger partial charge in [-0.1, -0.05) is 11.6 Å². The molecule has 4 heteroatoms. The number of hydrogen-bond donors (Lipinski definition) is 1. The minimum Gasteiger partial charge on any atom is -0.490 e. The fourth-order valence-electron chi connectivity index (χ4n) is 2.06. The first-order valence-corrected chi connectivity index (χ1v) is 6.18. The van der Waals surface area contributed by atoms with Crippen LogP contribution in [-0.2, 0) is 0 Å². The predicted octanol–water partition coefficient (Wildman–Crippen LogP) is 2.86. The Labute approximate surface area is 106 Å². The fourth-order valence-corrected chi connectivity index (χ4v) is 2.22. The molecule has 1 fully saturated rings. The van der Waals surface area contributed by atoms with E-state index < -0.39 is 0 Å². The van der Waals surface area contributed by atoms with Crippen LogP contribution >= 0.6 is 11.6 Å². The summed E-state index contributed by atoms with van der Waals surface area (Å²) in [7, 11) is 0. The van der Waals surface area contributed by atoms with Gasteiger partial charge in [-0.05, 0) is 43.9 Å². The van der Waals surface area contributed by atoms with E-state index in [1.54, 1.807) is 18.2 Å². The Morgan fingerprint density at radius 3 is 2.65 bits per heavy atom. The Morgan fingerprint density at radius 2 is 2.00 bits per heavy atom. The van der Waals surface area contributed by atoms with Crippen LogP contribution in [0.25, 0.3) is 0 Å². The van der Waals surface area contributed by atoms with Gasteiger partial charge in [-0.3, -0.25) is 0 Å². The van der Waals surface area contributed by atoms with E-state index in [4.69, 9.17) is 27.3 Å². The molecule has 1 aliphatic carbocycles. The van der Waals surface area contributed by atoms with E-state index in [1.165, 1.54) is 0 Å². The van der Waals surface area contributed by atoms with Crippen molar-refractivity contribution in [2.45, 2.75) is 37.8 Å². The lowest BCUT2D eigenvalue weighted by Gasteiger charge is -2.26. The number of rotatable bonds is 2. The second-order valence-corrected chi connectivity index (χ2v) is 4.82. The summed E-state index contributed by atoms with van der Waals surface area (Å²) in [4.78, 5) is 0. The third-order valence-electron chi connectivity index (χ3n) is 3.08. The maximum absolute atomic E-state index is 8.88. The average Bonchev–Trinajstić information content (AvgIpc) is 2.34. The molecule has 17 heavy (non-hydrogen) atoms. The van der Waals surface area contributed by atoms with Crippen molar-refractivity contribution >= 4 is 11.6 Å². The van der Waals surface area contributed by atoms with Crippen LogP contribution in [0.3, 0.4) is 0 Å². The summed E-state index contributed by atoms with van der Waals surface area (Å²) >= 11 is 5.86. The van der Waals surface area contributed by atoms with E-state index in [2.05, 4.69) is 0 Å². The molecule has 2 rings (SSSR count). The number of ether oxygens (including phenoxy) is 1. The summed E-state index contributed by atoms with van der Waals surface area (Å²) in [5, 5.41) is 9.34. The summed E-state index contributed by atoms with van der Waals surface area (Å²) in [5.41, 5.74) is 6.30. The molecular weight excluding hydrogens is 236 g/mol. The largest absolute Gasteiger partial charge is 0.490 e. The lowest BCUT2D eigenvalue weighted by Crippen LogP contribution is -2.31. The smallest absolute Gasteiger partial charge is 0.121 e. The molecule has 3 nitrogen and oxygen atoms in total. The first kappa shape index (κ1) is 12.2. The van der Waals surface area contributed by atoms with Crippen molar-refractivity contribution in [3.8, 4) is 11.8 Å². The number of nitrogens with zero attached hydrogens (tertiary/aromatic N) is 1. The molecule has 0 unspecified atom stereocenters. The minimum atomic E-state index is 0.211. The van der Waals surface area contributed by atoms with Gasteiger partial charge in [-0.25, -0.2) is 0 Å². The van der Waals surface area contributed by atoms with Gasteiger partial charge in [-0.15, -0.1) is 0 Å². The lowest BCUT2D eigenvalue weighted by molar-refractivity contribution is 0.147. The zero-order valence-electron chi connectivity index (χ0n) is 9.53. The molecule has 0 saturated heterocycles. The van der Waals surface area contributed by atoms with Gasteiger partial charge in [0, 0.05) is 6.04 Å². The first-order valence-electron chi connectivity index (χ1n) is 5.81. The highest BCUT2D eigenvalue weighted by atomic mass is 35.5. The zero-order chi connectivity index (χ0) is 12.3. The van der Waals surface area contributed by atoms with Gasteiger partial charge in [0.25, 0.3) is 0 Å². The Balaban J connectivity index is 2.02. The van der Waals surface area contributed by atoms with Crippen LogP contribution in [0.5, 0.6) is 5.75 Å². The van der Waals surface area contributed by atoms with Crippen molar-refractivity contribution in [1.82, 2.24) is 0 Å². The van der Waals surface area contributed by atoms with E-state index in [9.17, 15) is 0 Å². The molecule has 0 radical (unpaired) electrons. The molecule has 0 bridgehead atoms. The van der Waals surface area contributed by atoms with Crippen LogP contribution in [0.4, 0.5) is 0 Å². The minimum absolute atomic E-state index is 0.211. The van der Waals surface area contributed by atoms with Crippen molar-refractivity contribution < 1.29 is 4.74 Å². The van der Waals surface area contributed by atoms with Gasteiger partial charge in [0.2, 0.25) is 0 Å². The Hall–Kier alpha value is -1.24. The molecule has 0 amide bonds. The van der Waals surface area contributed by atoms with Crippen LogP contribution in [-0.4, -0.2) is 12.1 Å². The van der Waals surface area contributed by atoms with Crippen LogP contribution < -0.4 is 10.5 Å². The predicted molar refractivity (Wildman–Crippen MR) is 67.0 cm³/mol. The second kappa shape index (κ2) is 5.39. The summed E-state index contributed by atoms with van der Waals surface area (Å²) in [6.07, 6.45) is 4.17. The molecule has 1 aromatic rings. The number of benzene rings is 1. The molecular formula is C13H15ClN2O. The number of hydrogen-bond acceptors (Lipinski definition) is 3. The summed E-state index contributed by atoms with van der Waals surface area (Å²) in [5.74, 6) is 0.714. The van der Waals surface area contributed by atoms with Crippen LogP contribution in [0, 0.1) is 11.3 Å². The van der Waals surface area contributed by atoms with E-state index in [1.807, 2.05) is 6.07 Å². The number of nitrogens with two attached hydrogens (primary N) is 1. The van der Waals surface area contributed by atoms with Crippen molar-refractivity contribution in [2.24, 2.45) is 5.73 Å². The molecule has 1 aromatic carbocycles. The van der Waals surface area contributed by atoms with Gasteiger partial charge in [-0.2, -0.15) is 5.26 Å². The zero-order valence-corrected chi connectivity index (χ0v) is 10.3. The number of nitriles is 1. The topological polar surface area (TPSA) is 59.0 Å². The molecule has 0 aliphatic heterocycles. The Morgan fingerprint density at radius 1 is 1.29 bits per heavy atom. The molecule has 1 aliphatic rings. The molecule has 90 valence electrons. The highest BCUT2D eigenvalue weighted by Crippen LogP contribution is 2.26. The van der Waals surface area contributed by atoms with Gasteiger partial charge >= 0.3 is 0 Å². The van der Waals surface area contributed by atoms with Gasteiger partial charge in [0.15, 0.2) is 0 Å². The third kappa shape index (κ3) is 3.12. The Kier molecular flexibility index (Phi) is 3.88. The normalized spacial score (nSPS) is 24.1. The highest BCUT2D eigenvalue weighted by molar-refractivity contribution is 6.31. The maximum Gasteiger partial charge on any atom is 0.121 e. The standard InChI is InChI=1S/C13H15ClN2O/c14-13-6-5-12(7-9(13)8-15)17-11-3-1-10(16)2-4-11/h5-7,10-11H,1-4,16H2. The molecule has 0 spiro atoms. The summed E-state index contributed by atoms with van der Waals surface area (Å²) < 4.78 is 5.84. The summed E-state index contributed by atoms with van der Waals surface area (Å²) in [6.45, 7) is 0. The summed E-state index contributed by atoms with van der Waals surface area (Å²) in [6, 6.07) is 7.56. The SMILES string of the molecule is N#Cc1cc(OC2CCC(N)CC2)ccc1Cl. The van der Waals surface area contributed by atoms with E-state index in [-0.39, 0.29) is 6.10 Å². The molecule has 1 saturated carbocycles. The quantitative estimate of drug-likeness (QED) is 0.878. The van der Waals surface area contributed by atoms with E-state index >= 15 is 0 Å². The van der Waals surface area contributed by atoms with Gasteiger partial charge in [0.05, 0.1) is 16.7 Å². The van der Waals surface area contributed by atoms with Crippen LogP contribution in [0.1, 0.15) is 31.2 Å². The van der Waals surface area contributed by atoms with E-state index in [0.717, 1.165) is 25.7 Å². The first-order chi connectivity index (χ1) is 8.19. The Bertz CT molecular complexity index is 434. The molecule has 2 N–H and O–H groups in total. The lowest BCUT2D eigenvalue weighted by atomic mass is 9.94. The molecule has 0 aromatic heterocycles. The van der Waals surface area contributed by atoms with Crippen LogP contribution in [0.15, 0.2) is 18.2 Å². The average molecular weight is 251 g/mol. The van der Waals surface area contributed by atoms with Gasteiger partial charge in [0.1, 0.15) is 11.8 Å². The van der Waals surface area contributed by atoms with Crippen LogP contribution in [0.2, 0.25) is 5.02 Å². The van der Waals surface area contributed by atoms with E-state index in [0.29, 0.717) is 22.4 Å². The van der Waals surface area contributed by atoms with Gasteiger partial charge < -0.3 is 10.5 Å². The fraction of sp³-hybridized carbons (Fsp3) is 0.462. The maximum atomic E-state index is 8.88. The van der Waals surface area contributed by atoms with Crippen molar-refractivity contribution in [1.29, 1.82) is 5.26 Å². The monoisotopic (exact) mass is 250 g/mol. The molecule has 0 atom stereocenters. The van der Waals surface area contributed by atoms with Crippen molar-refractivity contribution in [3.05, 3.63) is 28.8 Å². The second-order valence-electron chi connectivity index (χ2n) is 4.41. The third-order valence-corrected chi connectivity index (χ3v) is 3.41. The van der Waals surface area contributed by atoms with Crippen molar-refractivity contribution in [2.75, 3.05) is 0 Å². The number of halogens is 1. The molecule has 0 heterocycles.